The van der Waals surface area contributed by atoms with Crippen molar-refractivity contribution >= 4 is 22.3 Å². The molecule has 172 valence electrons. The van der Waals surface area contributed by atoms with Crippen molar-refractivity contribution in [2.45, 2.75) is 72.5 Å². The smallest absolute Gasteiger partial charge is 0.410 e. The maximum atomic E-state index is 12.5. The van der Waals surface area contributed by atoms with E-state index in [1.807, 2.05) is 6.92 Å². The molecule has 0 aliphatic rings. The van der Waals surface area contributed by atoms with Crippen LogP contribution in [0.2, 0.25) is 0 Å². The molecule has 9 nitrogen and oxygen atoms in total. The van der Waals surface area contributed by atoms with Crippen LogP contribution in [0, 0.1) is 5.92 Å². The zero-order chi connectivity index (χ0) is 22.9. The monoisotopic (exact) mass is 438 g/mol. The highest BCUT2D eigenvalue weighted by Gasteiger charge is 2.24. The van der Waals surface area contributed by atoms with Gasteiger partial charge in [0.05, 0.1) is 12.9 Å². The predicted molar refractivity (Wildman–Crippen MR) is 111 cm³/mol. The Morgan fingerprint density at radius 3 is 2.03 bits per heavy atom. The first kappa shape index (κ1) is 27.5. The Balaban J connectivity index is 4.67. The Bertz CT molecular complexity index is 621. The largest absolute Gasteiger partial charge is 0.444 e. The lowest BCUT2D eigenvalue weighted by molar-refractivity contribution is 0.0218. The van der Waals surface area contributed by atoms with E-state index in [0.29, 0.717) is 32.5 Å². The molecule has 0 saturated heterocycles. The number of unbranched alkanes of at least 4 members (excludes halogenated alkanes) is 1. The third-order valence-corrected chi connectivity index (χ3v) is 3.89. The number of amides is 2. The number of alkyl carbamates (subject to hydrolysis) is 1. The molecule has 0 aromatic heterocycles. The number of ether oxygens (including phenoxy) is 2. The molecule has 10 heteroatoms. The summed E-state index contributed by atoms with van der Waals surface area (Å²) in [5, 5.41) is 2.70. The predicted octanol–water partition coefficient (Wildman–Crippen LogP) is 3.14. The van der Waals surface area contributed by atoms with Crippen LogP contribution < -0.4 is 5.32 Å². The van der Waals surface area contributed by atoms with E-state index in [2.05, 4.69) is 5.32 Å². The fraction of sp³-hybridized carbons (Fsp3) is 0.895. The molecule has 2 amide bonds. The number of nitrogens with zero attached hydrogens (tertiary/aromatic N) is 1. The third-order valence-electron chi connectivity index (χ3n) is 3.30. The van der Waals surface area contributed by atoms with Gasteiger partial charge in [0.25, 0.3) is 10.1 Å². The first-order valence-electron chi connectivity index (χ1n) is 9.78. The molecule has 1 unspecified atom stereocenters. The first-order valence-corrected chi connectivity index (χ1v) is 11.6. The van der Waals surface area contributed by atoms with Crippen molar-refractivity contribution in [2.24, 2.45) is 5.92 Å². The molecule has 0 saturated carbocycles. The summed E-state index contributed by atoms with van der Waals surface area (Å²) >= 11 is 0. The van der Waals surface area contributed by atoms with Crippen molar-refractivity contribution in [1.82, 2.24) is 10.2 Å². The number of carbonyl (C=O) groups is 2. The maximum Gasteiger partial charge on any atom is 0.410 e. The minimum absolute atomic E-state index is 0.0395. The van der Waals surface area contributed by atoms with Crippen LogP contribution >= 0.6 is 0 Å². The summed E-state index contributed by atoms with van der Waals surface area (Å²) in [5.74, 6) is -0.0395. The van der Waals surface area contributed by atoms with Crippen LogP contribution in [0.25, 0.3) is 0 Å². The van der Waals surface area contributed by atoms with Crippen molar-refractivity contribution in [3.8, 4) is 0 Å². The van der Waals surface area contributed by atoms with E-state index in [1.165, 1.54) is 0 Å². The average Bonchev–Trinajstić information content (AvgIpc) is 2.47. The Hall–Kier alpha value is -1.55. The third kappa shape index (κ3) is 17.1. The Kier molecular flexibility index (Phi) is 11.0. The van der Waals surface area contributed by atoms with Gasteiger partial charge >= 0.3 is 12.2 Å². The van der Waals surface area contributed by atoms with Gasteiger partial charge in [-0.15, -0.1) is 0 Å². The van der Waals surface area contributed by atoms with E-state index in [4.69, 9.17) is 13.7 Å². The van der Waals surface area contributed by atoms with Gasteiger partial charge in [-0.25, -0.2) is 9.59 Å². The van der Waals surface area contributed by atoms with Crippen LogP contribution in [-0.4, -0.2) is 69.2 Å². The van der Waals surface area contributed by atoms with Gasteiger partial charge in [0.2, 0.25) is 0 Å². The minimum Gasteiger partial charge on any atom is -0.444 e. The summed E-state index contributed by atoms with van der Waals surface area (Å²) < 4.78 is 37.4. The molecule has 0 aromatic rings. The standard InChI is InChI=1S/C19H38N2O7S/c1-15(13-20-16(22)27-18(2,3)4)14-21(17(23)28-19(5,6)7)11-9-10-12-26-29(8,24)25/h15H,9-14H2,1-8H3,(H,20,22). The normalized spacial score (nSPS) is 13.5. The van der Waals surface area contributed by atoms with Gasteiger partial charge in [-0.3, -0.25) is 4.18 Å². The Labute approximate surface area is 175 Å². The molecule has 0 radical (unpaired) electrons. The first-order chi connectivity index (χ1) is 13.0. The van der Waals surface area contributed by atoms with Crippen LogP contribution in [0.1, 0.15) is 61.3 Å². The molecular weight excluding hydrogens is 400 g/mol. The maximum absolute atomic E-state index is 12.5. The Morgan fingerprint density at radius 2 is 1.55 bits per heavy atom. The van der Waals surface area contributed by atoms with Gasteiger partial charge in [-0.1, -0.05) is 6.92 Å². The van der Waals surface area contributed by atoms with Crippen molar-refractivity contribution in [1.29, 1.82) is 0 Å². The molecule has 0 spiro atoms. The van der Waals surface area contributed by atoms with Crippen LogP contribution in [0.5, 0.6) is 0 Å². The summed E-state index contributed by atoms with van der Waals surface area (Å²) in [7, 11) is -3.47. The van der Waals surface area contributed by atoms with Crippen molar-refractivity contribution in [3.63, 3.8) is 0 Å². The zero-order valence-electron chi connectivity index (χ0n) is 19.0. The number of carbonyl (C=O) groups excluding carboxylic acids is 2. The summed E-state index contributed by atoms with van der Waals surface area (Å²) in [6, 6.07) is 0. The highest BCUT2D eigenvalue weighted by Crippen LogP contribution is 2.13. The molecule has 0 aliphatic heterocycles. The fourth-order valence-corrected chi connectivity index (χ4v) is 2.63. The number of hydrogen-bond donors (Lipinski definition) is 1. The van der Waals surface area contributed by atoms with Crippen LogP contribution in [0.4, 0.5) is 9.59 Å². The summed E-state index contributed by atoms with van der Waals surface area (Å²) in [6.07, 6.45) is 1.08. The topological polar surface area (TPSA) is 111 Å². The molecule has 1 atom stereocenters. The summed E-state index contributed by atoms with van der Waals surface area (Å²) in [5.41, 5.74) is -1.21. The van der Waals surface area contributed by atoms with Crippen molar-refractivity contribution in [3.05, 3.63) is 0 Å². The second-order valence-corrected chi connectivity index (χ2v) is 10.8. The zero-order valence-corrected chi connectivity index (χ0v) is 19.8. The van der Waals surface area contributed by atoms with E-state index in [-0.39, 0.29) is 12.5 Å². The molecule has 0 rings (SSSR count). The lowest BCUT2D eigenvalue weighted by Gasteiger charge is -2.29. The number of rotatable bonds is 10. The Morgan fingerprint density at radius 1 is 1.00 bits per heavy atom. The highest BCUT2D eigenvalue weighted by atomic mass is 32.2. The average molecular weight is 439 g/mol. The van der Waals surface area contributed by atoms with E-state index < -0.39 is 33.5 Å². The number of hydrogen-bond acceptors (Lipinski definition) is 7. The van der Waals surface area contributed by atoms with Gasteiger partial charge in [-0.05, 0) is 60.3 Å². The van der Waals surface area contributed by atoms with E-state index in [0.717, 1.165) is 6.26 Å². The summed E-state index contributed by atoms with van der Waals surface area (Å²) in [6.45, 7) is 13.8. The van der Waals surface area contributed by atoms with Crippen LogP contribution in [0.3, 0.4) is 0 Å². The second kappa shape index (κ2) is 11.6. The lowest BCUT2D eigenvalue weighted by Crippen LogP contribution is -2.42. The van der Waals surface area contributed by atoms with Gasteiger partial charge in [-0.2, -0.15) is 8.42 Å². The van der Waals surface area contributed by atoms with Crippen molar-refractivity contribution < 1.29 is 31.7 Å². The van der Waals surface area contributed by atoms with Gasteiger partial charge in [0.15, 0.2) is 0 Å². The van der Waals surface area contributed by atoms with E-state index in [1.54, 1.807) is 46.4 Å². The number of nitrogens with one attached hydrogen (secondary N) is 1. The van der Waals surface area contributed by atoms with Crippen LogP contribution in [-0.2, 0) is 23.8 Å². The second-order valence-electron chi connectivity index (χ2n) is 9.15. The molecular formula is C19H38N2O7S. The minimum atomic E-state index is -3.47. The molecule has 0 fully saturated rings. The van der Waals surface area contributed by atoms with E-state index >= 15 is 0 Å². The van der Waals surface area contributed by atoms with Crippen molar-refractivity contribution in [2.75, 3.05) is 32.5 Å². The van der Waals surface area contributed by atoms with Crippen LogP contribution in [0.15, 0.2) is 0 Å². The molecule has 0 bridgehead atoms. The lowest BCUT2D eigenvalue weighted by atomic mass is 10.1. The SMILES string of the molecule is CC(CNC(=O)OC(C)(C)C)CN(CCCCOS(C)(=O)=O)C(=O)OC(C)(C)C. The highest BCUT2D eigenvalue weighted by molar-refractivity contribution is 7.85. The fourth-order valence-electron chi connectivity index (χ4n) is 2.21. The van der Waals surface area contributed by atoms with Gasteiger partial charge in [0, 0.05) is 19.6 Å². The molecule has 29 heavy (non-hydrogen) atoms. The molecule has 1 N–H and O–H groups in total. The van der Waals surface area contributed by atoms with Gasteiger partial charge in [0.1, 0.15) is 11.2 Å². The summed E-state index contributed by atoms with van der Waals surface area (Å²) in [4.78, 5) is 25.9. The van der Waals surface area contributed by atoms with E-state index in [9.17, 15) is 18.0 Å². The molecule has 0 aliphatic carbocycles. The molecule has 0 aromatic carbocycles. The quantitative estimate of drug-likeness (QED) is 0.412. The van der Waals surface area contributed by atoms with Gasteiger partial charge < -0.3 is 19.7 Å². The molecule has 0 heterocycles.